The number of amides is 2. The first kappa shape index (κ1) is 19.0. The third-order valence-corrected chi connectivity index (χ3v) is 4.83. The summed E-state index contributed by atoms with van der Waals surface area (Å²) in [6, 6.07) is 9.74. The second kappa shape index (κ2) is 9.26. The standard InChI is InChI=1S/C21H24FN3O2/c22-18-9-5-4-6-15(18)10-13-24-20(26)16-11-12-23-19(14-16)21(27)25-17-7-2-1-3-8-17/h4-6,9,11-12,14,17H,1-3,7-8,10,13H2,(H,24,26)(H,25,27). The van der Waals surface area contributed by atoms with E-state index in [1.54, 1.807) is 24.3 Å². The van der Waals surface area contributed by atoms with Crippen molar-refractivity contribution in [3.8, 4) is 0 Å². The maximum Gasteiger partial charge on any atom is 0.270 e. The predicted octanol–water partition coefficient (Wildman–Crippen LogP) is 3.26. The molecule has 0 spiro atoms. The van der Waals surface area contributed by atoms with E-state index < -0.39 is 0 Å². The molecule has 6 heteroatoms. The molecule has 0 unspecified atom stereocenters. The molecule has 0 saturated heterocycles. The Balaban J connectivity index is 1.55. The van der Waals surface area contributed by atoms with Gasteiger partial charge in [-0.05, 0) is 43.0 Å². The first-order chi connectivity index (χ1) is 13.1. The molecule has 142 valence electrons. The maximum absolute atomic E-state index is 13.6. The second-order valence-electron chi connectivity index (χ2n) is 6.84. The van der Waals surface area contributed by atoms with Crippen LogP contribution < -0.4 is 10.6 Å². The van der Waals surface area contributed by atoms with Crippen molar-refractivity contribution in [2.75, 3.05) is 6.54 Å². The molecule has 0 aliphatic heterocycles. The lowest BCUT2D eigenvalue weighted by Crippen LogP contribution is -2.36. The van der Waals surface area contributed by atoms with E-state index in [9.17, 15) is 14.0 Å². The first-order valence-electron chi connectivity index (χ1n) is 9.42. The number of aromatic nitrogens is 1. The van der Waals surface area contributed by atoms with Crippen LogP contribution in [0.15, 0.2) is 42.6 Å². The molecule has 1 aromatic heterocycles. The van der Waals surface area contributed by atoms with Gasteiger partial charge < -0.3 is 10.6 Å². The van der Waals surface area contributed by atoms with Gasteiger partial charge in [-0.15, -0.1) is 0 Å². The van der Waals surface area contributed by atoms with Crippen molar-refractivity contribution in [3.63, 3.8) is 0 Å². The molecule has 2 aromatic rings. The van der Waals surface area contributed by atoms with Crippen molar-refractivity contribution >= 4 is 11.8 Å². The van der Waals surface area contributed by atoms with Crippen LogP contribution in [0.25, 0.3) is 0 Å². The van der Waals surface area contributed by atoms with Crippen molar-refractivity contribution in [3.05, 3.63) is 65.2 Å². The lowest BCUT2D eigenvalue weighted by atomic mass is 9.95. The topological polar surface area (TPSA) is 71.1 Å². The number of rotatable bonds is 6. The fraction of sp³-hybridized carbons (Fsp3) is 0.381. The van der Waals surface area contributed by atoms with Crippen molar-refractivity contribution < 1.29 is 14.0 Å². The number of nitrogens with zero attached hydrogens (tertiary/aromatic N) is 1. The van der Waals surface area contributed by atoms with Gasteiger partial charge in [0.1, 0.15) is 11.5 Å². The van der Waals surface area contributed by atoms with Crippen LogP contribution in [-0.2, 0) is 6.42 Å². The molecule has 2 N–H and O–H groups in total. The van der Waals surface area contributed by atoms with Crippen LogP contribution in [0.5, 0.6) is 0 Å². The van der Waals surface area contributed by atoms with Gasteiger partial charge in [-0.2, -0.15) is 0 Å². The minimum absolute atomic E-state index is 0.186. The fourth-order valence-electron chi connectivity index (χ4n) is 3.32. The number of pyridine rings is 1. The maximum atomic E-state index is 13.6. The van der Waals surface area contributed by atoms with Crippen molar-refractivity contribution in [2.24, 2.45) is 0 Å². The molecule has 0 radical (unpaired) electrons. The zero-order valence-electron chi connectivity index (χ0n) is 15.2. The van der Waals surface area contributed by atoms with Crippen molar-refractivity contribution in [2.45, 2.75) is 44.6 Å². The van der Waals surface area contributed by atoms with Gasteiger partial charge >= 0.3 is 0 Å². The molecule has 27 heavy (non-hydrogen) atoms. The van der Waals surface area contributed by atoms with Crippen LogP contribution in [-0.4, -0.2) is 29.4 Å². The third kappa shape index (κ3) is 5.36. The summed E-state index contributed by atoms with van der Waals surface area (Å²) >= 11 is 0. The Hall–Kier alpha value is -2.76. The van der Waals surface area contributed by atoms with Crippen molar-refractivity contribution in [1.29, 1.82) is 0 Å². The van der Waals surface area contributed by atoms with Gasteiger partial charge in [-0.1, -0.05) is 37.5 Å². The lowest BCUT2D eigenvalue weighted by Gasteiger charge is -2.22. The van der Waals surface area contributed by atoms with Gasteiger partial charge in [0, 0.05) is 24.3 Å². The Morgan fingerprint density at radius 2 is 1.85 bits per heavy atom. The van der Waals surface area contributed by atoms with Gasteiger partial charge in [0.05, 0.1) is 0 Å². The molecular weight excluding hydrogens is 345 g/mol. The van der Waals surface area contributed by atoms with E-state index in [4.69, 9.17) is 0 Å². The van der Waals surface area contributed by atoms with E-state index in [1.807, 2.05) is 0 Å². The zero-order valence-corrected chi connectivity index (χ0v) is 15.2. The van der Waals surface area contributed by atoms with Gasteiger partial charge in [0.2, 0.25) is 0 Å². The number of hydrogen-bond donors (Lipinski definition) is 2. The van der Waals surface area contributed by atoms with Gasteiger partial charge in [0.15, 0.2) is 0 Å². The summed E-state index contributed by atoms with van der Waals surface area (Å²) in [5.74, 6) is -0.833. The van der Waals surface area contributed by atoms with E-state index in [1.165, 1.54) is 24.8 Å². The van der Waals surface area contributed by atoms with E-state index in [2.05, 4.69) is 15.6 Å². The summed E-state index contributed by atoms with van der Waals surface area (Å²) < 4.78 is 13.6. The summed E-state index contributed by atoms with van der Waals surface area (Å²) in [6.07, 6.45) is 7.31. The average Bonchev–Trinajstić information content (AvgIpc) is 2.70. The highest BCUT2D eigenvalue weighted by molar-refractivity contribution is 5.98. The Morgan fingerprint density at radius 1 is 1.07 bits per heavy atom. The van der Waals surface area contributed by atoms with Crippen LogP contribution in [0.3, 0.4) is 0 Å². The second-order valence-corrected chi connectivity index (χ2v) is 6.84. The molecule has 3 rings (SSSR count). The quantitative estimate of drug-likeness (QED) is 0.821. The van der Waals surface area contributed by atoms with Crippen LogP contribution in [0, 0.1) is 5.82 Å². The monoisotopic (exact) mass is 369 g/mol. The molecule has 1 aliphatic carbocycles. The minimum Gasteiger partial charge on any atom is -0.352 e. The van der Waals surface area contributed by atoms with Crippen LogP contribution >= 0.6 is 0 Å². The smallest absolute Gasteiger partial charge is 0.270 e. The molecule has 1 aromatic carbocycles. The summed E-state index contributed by atoms with van der Waals surface area (Å²) in [5.41, 5.74) is 1.16. The number of halogens is 1. The number of carbonyl (C=O) groups is 2. The molecule has 2 amide bonds. The molecule has 1 saturated carbocycles. The molecule has 5 nitrogen and oxygen atoms in total. The highest BCUT2D eigenvalue weighted by atomic mass is 19.1. The van der Waals surface area contributed by atoms with Crippen LogP contribution in [0.1, 0.15) is 58.5 Å². The van der Waals surface area contributed by atoms with E-state index in [-0.39, 0.29) is 29.4 Å². The molecule has 1 fully saturated rings. The van der Waals surface area contributed by atoms with Crippen molar-refractivity contribution in [1.82, 2.24) is 15.6 Å². The average molecular weight is 369 g/mol. The Morgan fingerprint density at radius 3 is 2.63 bits per heavy atom. The van der Waals surface area contributed by atoms with Crippen LogP contribution in [0.2, 0.25) is 0 Å². The number of nitrogens with one attached hydrogen (secondary N) is 2. The Bertz CT molecular complexity index is 804. The predicted molar refractivity (Wildman–Crippen MR) is 101 cm³/mol. The third-order valence-electron chi connectivity index (χ3n) is 4.83. The molecule has 0 atom stereocenters. The lowest BCUT2D eigenvalue weighted by molar-refractivity contribution is 0.0922. The SMILES string of the molecule is O=C(NCCc1ccccc1F)c1ccnc(C(=O)NC2CCCCC2)c1. The summed E-state index contributed by atoms with van der Waals surface area (Å²) in [6.45, 7) is 0.311. The summed E-state index contributed by atoms with van der Waals surface area (Å²) in [5, 5.41) is 5.75. The highest BCUT2D eigenvalue weighted by Crippen LogP contribution is 2.17. The van der Waals surface area contributed by atoms with Gasteiger partial charge in [-0.25, -0.2) is 4.39 Å². The molecule has 0 bridgehead atoms. The minimum atomic E-state index is -0.305. The summed E-state index contributed by atoms with van der Waals surface area (Å²) in [4.78, 5) is 28.8. The largest absolute Gasteiger partial charge is 0.352 e. The van der Waals surface area contributed by atoms with Gasteiger partial charge in [0.25, 0.3) is 11.8 Å². The zero-order chi connectivity index (χ0) is 19.1. The van der Waals surface area contributed by atoms with E-state index >= 15 is 0 Å². The molecule has 1 heterocycles. The van der Waals surface area contributed by atoms with Crippen LogP contribution in [0.4, 0.5) is 4.39 Å². The highest BCUT2D eigenvalue weighted by Gasteiger charge is 2.18. The molecular formula is C21H24FN3O2. The van der Waals surface area contributed by atoms with E-state index in [0.29, 0.717) is 24.1 Å². The first-order valence-corrected chi connectivity index (χ1v) is 9.42. The van der Waals surface area contributed by atoms with E-state index in [0.717, 1.165) is 25.7 Å². The fourth-order valence-corrected chi connectivity index (χ4v) is 3.32. The number of carbonyl (C=O) groups excluding carboxylic acids is 2. The van der Waals surface area contributed by atoms with Gasteiger partial charge in [-0.3, -0.25) is 14.6 Å². The Kier molecular flexibility index (Phi) is 6.52. The number of benzene rings is 1. The Labute approximate surface area is 158 Å². The molecule has 1 aliphatic rings. The normalized spacial score (nSPS) is 14.6. The number of hydrogen-bond acceptors (Lipinski definition) is 3. The summed E-state index contributed by atoms with van der Waals surface area (Å²) in [7, 11) is 0.